The highest BCUT2D eigenvalue weighted by Gasteiger charge is 2.62. The summed E-state index contributed by atoms with van der Waals surface area (Å²) in [6.45, 7) is 0.127. The van der Waals surface area contributed by atoms with Gasteiger partial charge in [-0.05, 0) is 50.9 Å². The molecule has 2 N–H and O–H groups in total. The number of alkyl halides is 5. The molecule has 200 valence electrons. The summed E-state index contributed by atoms with van der Waals surface area (Å²) in [4.78, 5) is 28.5. The first kappa shape index (κ1) is 26.6. The molecule has 0 aromatic rings. The Bertz CT molecular complexity index is 799. The molecule has 2 amide bonds. The molecule has 1 spiro atoms. The first-order valence-electron chi connectivity index (χ1n) is 12.7. The van der Waals surface area contributed by atoms with E-state index in [-0.39, 0.29) is 69.0 Å². The van der Waals surface area contributed by atoms with Crippen LogP contribution in [0.15, 0.2) is 0 Å². The lowest BCUT2D eigenvalue weighted by molar-refractivity contribution is -0.238. The molecular formula is C24H36F5N3O3. The number of likely N-dealkylation sites (tertiary alicyclic amines) is 1. The quantitative estimate of drug-likeness (QED) is 0.571. The van der Waals surface area contributed by atoms with E-state index in [1.807, 2.05) is 0 Å². The number of nitrogens with zero attached hydrogens (tertiary/aromatic N) is 2. The molecule has 11 heteroatoms. The van der Waals surface area contributed by atoms with Crippen LogP contribution in [0.2, 0.25) is 0 Å². The van der Waals surface area contributed by atoms with Crippen molar-refractivity contribution < 1.29 is 36.6 Å². The summed E-state index contributed by atoms with van der Waals surface area (Å²) < 4.78 is 69.6. The van der Waals surface area contributed by atoms with Crippen molar-refractivity contribution in [3.05, 3.63) is 0 Å². The average Bonchev–Trinajstić information content (AvgIpc) is 2.77. The Morgan fingerprint density at radius 1 is 1.06 bits per heavy atom. The minimum Gasteiger partial charge on any atom is -0.392 e. The standard InChI is InChI=1S/C24H36F5N3O3/c1-31(14-16-3-7-23(25,26)8-4-16)20(35)22(24(27,28)29)9-11-32(12-10-22)19(34)17-13-18(33)21(15-30-17)5-2-6-21/h16-18,30,33H,2-15H2,1H3/t17-,18+/m0/s1. The fourth-order valence-electron chi connectivity index (χ4n) is 6.40. The van der Waals surface area contributed by atoms with Gasteiger partial charge < -0.3 is 20.2 Å². The lowest BCUT2D eigenvalue weighted by Gasteiger charge is -2.51. The molecule has 6 nitrogen and oxygen atoms in total. The molecule has 0 aromatic heterocycles. The third kappa shape index (κ3) is 5.04. The molecule has 0 radical (unpaired) electrons. The zero-order chi connectivity index (χ0) is 25.6. The van der Waals surface area contributed by atoms with E-state index in [1.165, 1.54) is 11.9 Å². The van der Waals surface area contributed by atoms with Gasteiger partial charge in [-0.25, -0.2) is 8.78 Å². The number of hydrogen-bond acceptors (Lipinski definition) is 4. The predicted molar refractivity (Wildman–Crippen MR) is 118 cm³/mol. The molecule has 2 aliphatic carbocycles. The van der Waals surface area contributed by atoms with Crippen LogP contribution in [-0.2, 0) is 9.59 Å². The molecule has 0 bridgehead atoms. The normalized spacial score (nSPS) is 30.5. The van der Waals surface area contributed by atoms with E-state index in [0.717, 1.165) is 24.2 Å². The van der Waals surface area contributed by atoms with Crippen LogP contribution >= 0.6 is 0 Å². The lowest BCUT2D eigenvalue weighted by atomic mass is 9.62. The van der Waals surface area contributed by atoms with Crippen molar-refractivity contribution in [1.29, 1.82) is 0 Å². The highest BCUT2D eigenvalue weighted by Crippen LogP contribution is 2.49. The molecule has 4 aliphatic rings. The van der Waals surface area contributed by atoms with Crippen molar-refractivity contribution in [2.24, 2.45) is 16.7 Å². The summed E-state index contributed by atoms with van der Waals surface area (Å²) in [5.41, 5.74) is -2.78. The molecule has 2 heterocycles. The summed E-state index contributed by atoms with van der Waals surface area (Å²) >= 11 is 0. The van der Waals surface area contributed by atoms with Crippen molar-refractivity contribution in [3.8, 4) is 0 Å². The van der Waals surface area contributed by atoms with E-state index in [0.29, 0.717) is 6.54 Å². The van der Waals surface area contributed by atoms with Crippen LogP contribution in [0.1, 0.15) is 64.2 Å². The van der Waals surface area contributed by atoms with Crippen LogP contribution in [0.5, 0.6) is 0 Å². The molecule has 2 atom stereocenters. The maximum absolute atomic E-state index is 14.3. The lowest BCUT2D eigenvalue weighted by Crippen LogP contribution is -2.63. The minimum absolute atomic E-state index is 0.0149. The highest BCUT2D eigenvalue weighted by molar-refractivity contribution is 5.85. The number of piperidine rings is 2. The van der Waals surface area contributed by atoms with Gasteiger partial charge in [0.05, 0.1) is 12.1 Å². The Labute approximate surface area is 202 Å². The van der Waals surface area contributed by atoms with Gasteiger partial charge in [-0.15, -0.1) is 0 Å². The van der Waals surface area contributed by atoms with Gasteiger partial charge in [0.2, 0.25) is 17.7 Å². The summed E-state index contributed by atoms with van der Waals surface area (Å²) in [6, 6.07) is -0.641. The van der Waals surface area contributed by atoms with E-state index in [2.05, 4.69) is 5.32 Å². The number of hydrogen-bond donors (Lipinski definition) is 2. The number of nitrogens with one attached hydrogen (secondary N) is 1. The van der Waals surface area contributed by atoms with Crippen LogP contribution in [0.25, 0.3) is 0 Å². The number of amides is 2. The monoisotopic (exact) mass is 509 g/mol. The van der Waals surface area contributed by atoms with E-state index in [4.69, 9.17) is 0 Å². The Kier molecular flexibility index (Phi) is 7.16. The average molecular weight is 510 g/mol. The number of carbonyl (C=O) groups excluding carboxylic acids is 2. The Hall–Kier alpha value is -1.49. The first-order chi connectivity index (χ1) is 16.3. The number of aliphatic hydroxyl groups excluding tert-OH is 1. The number of carbonyl (C=O) groups is 2. The second kappa shape index (κ2) is 9.43. The summed E-state index contributed by atoms with van der Waals surface area (Å²) in [6.07, 6.45) is -3.67. The van der Waals surface area contributed by atoms with Gasteiger partial charge in [0.1, 0.15) is 5.41 Å². The van der Waals surface area contributed by atoms with E-state index < -0.39 is 48.4 Å². The van der Waals surface area contributed by atoms with Gasteiger partial charge in [-0.2, -0.15) is 13.2 Å². The molecule has 2 aliphatic heterocycles. The third-order valence-corrected chi connectivity index (χ3v) is 9.11. The molecule has 0 unspecified atom stereocenters. The third-order valence-electron chi connectivity index (χ3n) is 9.11. The van der Waals surface area contributed by atoms with Crippen molar-refractivity contribution in [1.82, 2.24) is 15.1 Å². The maximum atomic E-state index is 14.3. The fourth-order valence-corrected chi connectivity index (χ4v) is 6.40. The predicted octanol–water partition coefficient (Wildman–Crippen LogP) is 3.33. The zero-order valence-corrected chi connectivity index (χ0v) is 20.2. The van der Waals surface area contributed by atoms with Crippen molar-refractivity contribution in [2.75, 3.05) is 33.2 Å². The molecule has 0 aromatic carbocycles. The smallest absolute Gasteiger partial charge is 0.392 e. The highest BCUT2D eigenvalue weighted by atomic mass is 19.4. The van der Waals surface area contributed by atoms with Crippen molar-refractivity contribution in [2.45, 2.75) is 88.5 Å². The molecule has 2 saturated carbocycles. The molecule has 4 rings (SSSR count). The fraction of sp³-hybridized carbons (Fsp3) is 0.917. The second-order valence-corrected chi connectivity index (χ2v) is 11.3. The summed E-state index contributed by atoms with van der Waals surface area (Å²) in [7, 11) is 1.31. The second-order valence-electron chi connectivity index (χ2n) is 11.3. The number of rotatable bonds is 4. The zero-order valence-electron chi connectivity index (χ0n) is 20.2. The van der Waals surface area contributed by atoms with Crippen molar-refractivity contribution >= 4 is 11.8 Å². The minimum atomic E-state index is -4.79. The number of aliphatic hydroxyl groups is 1. The Morgan fingerprint density at radius 2 is 1.66 bits per heavy atom. The SMILES string of the molecule is CN(CC1CCC(F)(F)CC1)C(=O)C1(C(F)(F)F)CCN(C(=O)[C@@H]2C[C@@H](O)C3(CCC3)CN2)CC1. The van der Waals surface area contributed by atoms with Gasteiger partial charge in [-0.3, -0.25) is 9.59 Å². The van der Waals surface area contributed by atoms with Crippen molar-refractivity contribution in [3.63, 3.8) is 0 Å². The summed E-state index contributed by atoms with van der Waals surface area (Å²) in [5.74, 6) is -4.38. The molecule has 2 saturated heterocycles. The van der Waals surface area contributed by atoms with Gasteiger partial charge in [0.25, 0.3) is 0 Å². The number of halogens is 5. The van der Waals surface area contributed by atoms with Gasteiger partial charge in [0, 0.05) is 51.5 Å². The maximum Gasteiger partial charge on any atom is 0.403 e. The van der Waals surface area contributed by atoms with E-state index in [1.54, 1.807) is 0 Å². The van der Waals surface area contributed by atoms with Gasteiger partial charge in [0.15, 0.2) is 0 Å². The largest absolute Gasteiger partial charge is 0.403 e. The summed E-state index contributed by atoms with van der Waals surface area (Å²) in [5, 5.41) is 13.7. The Balaban J connectivity index is 1.36. The van der Waals surface area contributed by atoms with Crippen LogP contribution in [0, 0.1) is 16.7 Å². The molecule has 4 fully saturated rings. The Morgan fingerprint density at radius 3 is 2.14 bits per heavy atom. The molecule has 35 heavy (non-hydrogen) atoms. The van der Waals surface area contributed by atoms with Crippen LogP contribution in [-0.4, -0.2) is 84.2 Å². The topological polar surface area (TPSA) is 72.9 Å². The molecular weight excluding hydrogens is 473 g/mol. The van der Waals surface area contributed by atoms with E-state index in [9.17, 15) is 36.6 Å². The van der Waals surface area contributed by atoms with Gasteiger partial charge >= 0.3 is 6.18 Å². The first-order valence-corrected chi connectivity index (χ1v) is 12.7. The van der Waals surface area contributed by atoms with Crippen LogP contribution in [0.4, 0.5) is 22.0 Å². The van der Waals surface area contributed by atoms with Crippen LogP contribution in [0.3, 0.4) is 0 Å². The van der Waals surface area contributed by atoms with Gasteiger partial charge in [-0.1, -0.05) is 6.42 Å². The van der Waals surface area contributed by atoms with E-state index >= 15 is 0 Å². The van der Waals surface area contributed by atoms with Crippen LogP contribution < -0.4 is 5.32 Å².